The number of hydrogen-bond acceptors (Lipinski definition) is 3. The summed E-state index contributed by atoms with van der Waals surface area (Å²) in [6, 6.07) is 10.5. The fourth-order valence-electron chi connectivity index (χ4n) is 2.22. The first-order valence-electron chi connectivity index (χ1n) is 6.85. The van der Waals surface area contributed by atoms with Gasteiger partial charge in [-0.2, -0.15) is 0 Å². The van der Waals surface area contributed by atoms with Gasteiger partial charge in [-0.05, 0) is 44.4 Å². The third-order valence-corrected chi connectivity index (χ3v) is 3.47. The summed E-state index contributed by atoms with van der Waals surface area (Å²) < 4.78 is 11.0. The van der Waals surface area contributed by atoms with Gasteiger partial charge in [0.2, 0.25) is 0 Å². The van der Waals surface area contributed by atoms with E-state index in [1.165, 1.54) is 6.42 Å². The van der Waals surface area contributed by atoms with Crippen LogP contribution in [0.3, 0.4) is 0 Å². The maximum absolute atomic E-state index is 5.65. The van der Waals surface area contributed by atoms with E-state index in [2.05, 4.69) is 12.2 Å². The van der Waals surface area contributed by atoms with Crippen LogP contribution in [0.1, 0.15) is 19.8 Å². The summed E-state index contributed by atoms with van der Waals surface area (Å²) in [4.78, 5) is 0. The highest BCUT2D eigenvalue weighted by Crippen LogP contribution is 2.16. The minimum absolute atomic E-state index is 0.546. The molecule has 3 nitrogen and oxygen atoms in total. The van der Waals surface area contributed by atoms with E-state index in [9.17, 15) is 0 Å². The third kappa shape index (κ3) is 4.31. The molecule has 18 heavy (non-hydrogen) atoms. The normalized spacial score (nSPS) is 20.8. The van der Waals surface area contributed by atoms with Gasteiger partial charge in [0.15, 0.2) is 0 Å². The van der Waals surface area contributed by atoms with E-state index >= 15 is 0 Å². The van der Waals surface area contributed by atoms with Crippen molar-refractivity contribution in [2.24, 2.45) is 5.92 Å². The van der Waals surface area contributed by atoms with E-state index in [-0.39, 0.29) is 0 Å². The topological polar surface area (TPSA) is 30.5 Å². The summed E-state index contributed by atoms with van der Waals surface area (Å²) >= 11 is 0. The quantitative estimate of drug-likeness (QED) is 0.753. The van der Waals surface area contributed by atoms with Crippen molar-refractivity contribution in [3.63, 3.8) is 0 Å². The zero-order chi connectivity index (χ0) is 12.6. The highest BCUT2D eigenvalue weighted by atomic mass is 16.5. The summed E-state index contributed by atoms with van der Waals surface area (Å²) in [6.45, 7) is 5.86. The van der Waals surface area contributed by atoms with E-state index in [0.717, 1.165) is 38.5 Å². The molecule has 2 atom stereocenters. The Morgan fingerprint density at radius 3 is 2.94 bits per heavy atom. The molecule has 1 fully saturated rings. The molecule has 0 unspecified atom stereocenters. The molecule has 0 amide bonds. The smallest absolute Gasteiger partial charge is 0.119 e. The highest BCUT2D eigenvalue weighted by Gasteiger charge is 2.21. The van der Waals surface area contributed by atoms with Crippen LogP contribution in [0.25, 0.3) is 0 Å². The average Bonchev–Trinajstić information content (AvgIpc) is 2.93. The first-order valence-corrected chi connectivity index (χ1v) is 6.85. The predicted octanol–water partition coefficient (Wildman–Crippen LogP) is 2.47. The van der Waals surface area contributed by atoms with Crippen LogP contribution in [-0.4, -0.2) is 32.4 Å². The number of hydrogen-bond donors (Lipinski definition) is 1. The van der Waals surface area contributed by atoms with Gasteiger partial charge in [-0.25, -0.2) is 0 Å². The lowest BCUT2D eigenvalue weighted by molar-refractivity contribution is 0.178. The van der Waals surface area contributed by atoms with Crippen LogP contribution in [0, 0.1) is 5.92 Å². The summed E-state index contributed by atoms with van der Waals surface area (Å²) in [5.41, 5.74) is 0. The van der Waals surface area contributed by atoms with Gasteiger partial charge in [0.05, 0.1) is 13.2 Å². The largest absolute Gasteiger partial charge is 0.494 e. The summed E-state index contributed by atoms with van der Waals surface area (Å²) in [6.07, 6.45) is 2.22. The van der Waals surface area contributed by atoms with Crippen LogP contribution >= 0.6 is 0 Å². The van der Waals surface area contributed by atoms with Gasteiger partial charge >= 0.3 is 0 Å². The molecular weight excluding hydrogens is 226 g/mol. The Morgan fingerprint density at radius 1 is 1.39 bits per heavy atom. The van der Waals surface area contributed by atoms with Gasteiger partial charge in [-0.15, -0.1) is 0 Å². The van der Waals surface area contributed by atoms with Gasteiger partial charge in [-0.3, -0.25) is 0 Å². The SMILES string of the molecule is C[C@H](NCCCOc1ccccc1)[C@@H]1CCOC1. The standard InChI is InChI=1S/C15H23NO2/c1-13(14-8-11-17-12-14)16-9-5-10-18-15-6-3-2-4-7-15/h2-4,6-7,13-14,16H,5,8-12H2,1H3/t13-,14+/m0/s1. The predicted molar refractivity (Wildman–Crippen MR) is 72.9 cm³/mol. The molecule has 1 aromatic carbocycles. The monoisotopic (exact) mass is 249 g/mol. The highest BCUT2D eigenvalue weighted by molar-refractivity contribution is 5.20. The van der Waals surface area contributed by atoms with Gasteiger partial charge in [0.1, 0.15) is 5.75 Å². The Kier molecular flexibility index (Phi) is 5.49. The first-order chi connectivity index (χ1) is 8.86. The molecule has 3 heteroatoms. The Morgan fingerprint density at radius 2 is 2.22 bits per heavy atom. The van der Waals surface area contributed by atoms with Crippen LogP contribution in [0.5, 0.6) is 5.75 Å². The molecule has 0 radical (unpaired) electrons. The molecule has 1 N–H and O–H groups in total. The number of rotatable bonds is 7. The molecule has 100 valence electrons. The Labute approximate surface area is 109 Å². The molecular formula is C15H23NO2. The zero-order valence-corrected chi connectivity index (χ0v) is 11.1. The molecule has 1 aliphatic rings. The summed E-state index contributed by atoms with van der Waals surface area (Å²) in [5, 5.41) is 3.55. The molecule has 2 rings (SSSR count). The molecule has 0 bridgehead atoms. The molecule has 1 heterocycles. The Hall–Kier alpha value is -1.06. The van der Waals surface area contributed by atoms with Crippen LogP contribution in [-0.2, 0) is 4.74 Å². The lowest BCUT2D eigenvalue weighted by Gasteiger charge is -2.19. The van der Waals surface area contributed by atoms with Crippen LogP contribution in [0.15, 0.2) is 30.3 Å². The van der Waals surface area contributed by atoms with Crippen molar-refractivity contribution in [3.05, 3.63) is 30.3 Å². The summed E-state index contributed by atoms with van der Waals surface area (Å²) in [7, 11) is 0. The third-order valence-electron chi connectivity index (χ3n) is 3.47. The molecule has 0 aromatic heterocycles. The number of nitrogens with one attached hydrogen (secondary N) is 1. The van der Waals surface area contributed by atoms with E-state index in [0.29, 0.717) is 12.0 Å². The van der Waals surface area contributed by atoms with Crippen molar-refractivity contribution in [3.8, 4) is 5.75 Å². The van der Waals surface area contributed by atoms with Gasteiger partial charge in [0, 0.05) is 12.6 Å². The van der Waals surface area contributed by atoms with E-state index in [1.54, 1.807) is 0 Å². The van der Waals surface area contributed by atoms with Crippen LogP contribution < -0.4 is 10.1 Å². The van der Waals surface area contributed by atoms with Crippen molar-refractivity contribution in [1.29, 1.82) is 0 Å². The van der Waals surface area contributed by atoms with Crippen LogP contribution in [0.4, 0.5) is 0 Å². The van der Waals surface area contributed by atoms with E-state index < -0.39 is 0 Å². The second-order valence-corrected chi connectivity index (χ2v) is 4.88. The van der Waals surface area contributed by atoms with Crippen molar-refractivity contribution >= 4 is 0 Å². The maximum atomic E-state index is 5.65. The molecule has 1 aromatic rings. The molecule has 0 aliphatic carbocycles. The van der Waals surface area contributed by atoms with Gasteiger partial charge in [-0.1, -0.05) is 18.2 Å². The van der Waals surface area contributed by atoms with E-state index in [1.807, 2.05) is 30.3 Å². The zero-order valence-electron chi connectivity index (χ0n) is 11.1. The fourth-order valence-corrected chi connectivity index (χ4v) is 2.22. The Bertz CT molecular complexity index is 323. The van der Waals surface area contributed by atoms with Gasteiger partial charge < -0.3 is 14.8 Å². The van der Waals surface area contributed by atoms with Gasteiger partial charge in [0.25, 0.3) is 0 Å². The lowest BCUT2D eigenvalue weighted by Crippen LogP contribution is -2.34. The molecule has 0 saturated carbocycles. The number of ether oxygens (including phenoxy) is 2. The second kappa shape index (κ2) is 7.39. The second-order valence-electron chi connectivity index (χ2n) is 4.88. The lowest BCUT2D eigenvalue weighted by atomic mass is 10.0. The number of benzene rings is 1. The maximum Gasteiger partial charge on any atom is 0.119 e. The van der Waals surface area contributed by atoms with Crippen molar-refractivity contribution < 1.29 is 9.47 Å². The molecule has 1 aliphatic heterocycles. The molecule has 0 spiro atoms. The Balaban J connectivity index is 1.53. The van der Waals surface area contributed by atoms with Crippen molar-refractivity contribution in [1.82, 2.24) is 5.32 Å². The first kappa shape index (κ1) is 13.4. The van der Waals surface area contributed by atoms with E-state index in [4.69, 9.17) is 9.47 Å². The minimum Gasteiger partial charge on any atom is -0.494 e. The number of para-hydroxylation sites is 1. The minimum atomic E-state index is 0.546. The fraction of sp³-hybridized carbons (Fsp3) is 0.600. The van der Waals surface area contributed by atoms with Crippen LogP contribution in [0.2, 0.25) is 0 Å². The van der Waals surface area contributed by atoms with Crippen molar-refractivity contribution in [2.75, 3.05) is 26.4 Å². The average molecular weight is 249 g/mol. The van der Waals surface area contributed by atoms with Crippen molar-refractivity contribution in [2.45, 2.75) is 25.8 Å². The summed E-state index contributed by atoms with van der Waals surface area (Å²) in [5.74, 6) is 1.63. The molecule has 1 saturated heterocycles.